The normalized spacial score (nSPS) is 14.8. The van der Waals surface area contributed by atoms with Gasteiger partial charge in [0.1, 0.15) is 5.75 Å². The molecule has 3 rings (SSSR count). The first-order valence-electron chi connectivity index (χ1n) is 9.09. The number of halogens is 1. The number of carbonyl (C=O) groups is 2. The molecule has 1 aromatic carbocycles. The number of piperazine rings is 1. The van der Waals surface area contributed by atoms with Crippen LogP contribution in [-0.4, -0.2) is 61.4 Å². The number of rotatable bonds is 5. The zero-order chi connectivity index (χ0) is 20.3. The summed E-state index contributed by atoms with van der Waals surface area (Å²) in [6.45, 7) is 6.71. The van der Waals surface area contributed by atoms with Crippen LogP contribution in [0.2, 0.25) is 5.02 Å². The molecule has 1 aliphatic rings. The minimum atomic E-state index is -0.117. The maximum atomic E-state index is 12.5. The van der Waals surface area contributed by atoms with Crippen molar-refractivity contribution in [2.24, 2.45) is 0 Å². The average molecular weight is 422 g/mol. The number of methoxy groups -OCH3 is 1. The number of thiophene rings is 1. The van der Waals surface area contributed by atoms with E-state index in [0.717, 1.165) is 15.3 Å². The Morgan fingerprint density at radius 3 is 2.50 bits per heavy atom. The second-order valence-corrected chi connectivity index (χ2v) is 8.52. The van der Waals surface area contributed by atoms with E-state index in [9.17, 15) is 9.59 Å². The highest BCUT2D eigenvalue weighted by Gasteiger charge is 2.24. The molecule has 0 spiro atoms. The minimum absolute atomic E-state index is 0.0728. The summed E-state index contributed by atoms with van der Waals surface area (Å²) in [6.07, 6.45) is 0. The summed E-state index contributed by atoms with van der Waals surface area (Å²) in [7, 11) is 1.54. The minimum Gasteiger partial charge on any atom is -0.495 e. The van der Waals surface area contributed by atoms with Crippen LogP contribution in [-0.2, 0) is 4.79 Å². The van der Waals surface area contributed by atoms with E-state index in [1.54, 1.807) is 19.2 Å². The molecule has 150 valence electrons. The summed E-state index contributed by atoms with van der Waals surface area (Å²) in [5.41, 5.74) is 1.48. The van der Waals surface area contributed by atoms with Crippen LogP contribution in [0.4, 0.5) is 5.69 Å². The second kappa shape index (κ2) is 8.94. The van der Waals surface area contributed by atoms with Gasteiger partial charge in [0.15, 0.2) is 0 Å². The third-order valence-corrected chi connectivity index (χ3v) is 6.13. The van der Waals surface area contributed by atoms with Crippen LogP contribution in [0, 0.1) is 13.8 Å². The van der Waals surface area contributed by atoms with Gasteiger partial charge in [-0.2, -0.15) is 0 Å². The van der Waals surface area contributed by atoms with Crippen molar-refractivity contribution in [1.29, 1.82) is 0 Å². The van der Waals surface area contributed by atoms with Gasteiger partial charge in [-0.25, -0.2) is 0 Å². The first kappa shape index (κ1) is 20.6. The Hall–Kier alpha value is -2.09. The number of aryl methyl sites for hydroxylation is 2. The van der Waals surface area contributed by atoms with Gasteiger partial charge >= 0.3 is 0 Å². The van der Waals surface area contributed by atoms with E-state index >= 15 is 0 Å². The van der Waals surface area contributed by atoms with Crippen molar-refractivity contribution < 1.29 is 14.3 Å². The topological polar surface area (TPSA) is 61.9 Å². The fourth-order valence-corrected chi connectivity index (χ4v) is 4.13. The largest absolute Gasteiger partial charge is 0.495 e. The number of hydrogen-bond donors (Lipinski definition) is 1. The molecule has 1 aromatic heterocycles. The standard InChI is InChI=1S/C20H24ClN3O3S/c1-13-10-16(17(27-3)11-15(13)21)22-19(25)12-23-6-8-24(9-7-23)20(26)18-5-4-14(2)28-18/h4-5,10-11H,6-9,12H2,1-3H3,(H,22,25). The van der Waals surface area contributed by atoms with E-state index in [0.29, 0.717) is 42.6 Å². The molecule has 1 saturated heterocycles. The Balaban J connectivity index is 1.53. The molecule has 0 bridgehead atoms. The number of hydrogen-bond acceptors (Lipinski definition) is 5. The number of amides is 2. The number of nitrogens with one attached hydrogen (secondary N) is 1. The maximum Gasteiger partial charge on any atom is 0.264 e. The molecule has 1 fully saturated rings. The molecule has 0 radical (unpaired) electrons. The number of carbonyl (C=O) groups excluding carboxylic acids is 2. The lowest BCUT2D eigenvalue weighted by molar-refractivity contribution is -0.117. The zero-order valence-corrected chi connectivity index (χ0v) is 17.8. The van der Waals surface area contributed by atoms with Crippen molar-refractivity contribution in [3.8, 4) is 5.75 Å². The molecule has 8 heteroatoms. The van der Waals surface area contributed by atoms with Gasteiger partial charge in [-0.15, -0.1) is 11.3 Å². The number of nitrogens with zero attached hydrogens (tertiary/aromatic N) is 2. The average Bonchev–Trinajstić information content (AvgIpc) is 3.11. The predicted octanol–water partition coefficient (Wildman–Crippen LogP) is 3.42. The Kier molecular flexibility index (Phi) is 6.59. The molecule has 28 heavy (non-hydrogen) atoms. The van der Waals surface area contributed by atoms with Gasteiger partial charge in [0.2, 0.25) is 5.91 Å². The summed E-state index contributed by atoms with van der Waals surface area (Å²) in [6, 6.07) is 7.34. The van der Waals surface area contributed by atoms with Gasteiger partial charge in [-0.05, 0) is 37.6 Å². The maximum absolute atomic E-state index is 12.5. The van der Waals surface area contributed by atoms with Crippen molar-refractivity contribution in [3.63, 3.8) is 0 Å². The van der Waals surface area contributed by atoms with E-state index in [1.807, 2.05) is 35.8 Å². The van der Waals surface area contributed by atoms with Crippen LogP contribution in [0.25, 0.3) is 0 Å². The molecule has 2 aromatic rings. The lowest BCUT2D eigenvalue weighted by atomic mass is 10.2. The first-order chi connectivity index (χ1) is 13.4. The van der Waals surface area contributed by atoms with Gasteiger partial charge in [-0.1, -0.05) is 11.6 Å². The molecule has 0 unspecified atom stereocenters. The van der Waals surface area contributed by atoms with Gasteiger partial charge < -0.3 is 15.0 Å². The monoisotopic (exact) mass is 421 g/mol. The van der Waals surface area contributed by atoms with E-state index in [4.69, 9.17) is 16.3 Å². The summed E-state index contributed by atoms with van der Waals surface area (Å²) in [5.74, 6) is 0.489. The molecule has 0 saturated carbocycles. The number of benzene rings is 1. The third kappa shape index (κ3) is 4.84. The predicted molar refractivity (Wildman–Crippen MR) is 113 cm³/mol. The van der Waals surface area contributed by atoms with Crippen LogP contribution in [0.1, 0.15) is 20.1 Å². The van der Waals surface area contributed by atoms with E-state index in [1.165, 1.54) is 11.3 Å². The highest BCUT2D eigenvalue weighted by atomic mass is 35.5. The Morgan fingerprint density at radius 2 is 1.89 bits per heavy atom. The van der Waals surface area contributed by atoms with Crippen molar-refractivity contribution in [2.45, 2.75) is 13.8 Å². The number of anilines is 1. The highest BCUT2D eigenvalue weighted by molar-refractivity contribution is 7.13. The fraction of sp³-hybridized carbons (Fsp3) is 0.400. The molecule has 6 nitrogen and oxygen atoms in total. The van der Waals surface area contributed by atoms with E-state index < -0.39 is 0 Å². The lowest BCUT2D eigenvalue weighted by Gasteiger charge is -2.34. The van der Waals surface area contributed by atoms with Crippen molar-refractivity contribution in [1.82, 2.24) is 9.80 Å². The summed E-state index contributed by atoms with van der Waals surface area (Å²) >= 11 is 7.63. The molecular formula is C20H24ClN3O3S. The van der Waals surface area contributed by atoms with Crippen LogP contribution in [0.15, 0.2) is 24.3 Å². The van der Waals surface area contributed by atoms with Crippen LogP contribution < -0.4 is 10.1 Å². The smallest absolute Gasteiger partial charge is 0.264 e. The van der Waals surface area contributed by atoms with Gasteiger partial charge in [-0.3, -0.25) is 14.5 Å². The van der Waals surface area contributed by atoms with Gasteiger partial charge in [0.05, 0.1) is 24.2 Å². The molecule has 0 atom stereocenters. The Labute approximate surface area is 174 Å². The molecule has 0 aliphatic carbocycles. The van der Waals surface area contributed by atoms with Crippen LogP contribution >= 0.6 is 22.9 Å². The Bertz CT molecular complexity index is 876. The fourth-order valence-electron chi connectivity index (χ4n) is 3.14. The summed E-state index contributed by atoms with van der Waals surface area (Å²) in [5, 5.41) is 3.49. The summed E-state index contributed by atoms with van der Waals surface area (Å²) in [4.78, 5) is 30.8. The quantitative estimate of drug-likeness (QED) is 0.803. The molecule has 1 aliphatic heterocycles. The van der Waals surface area contributed by atoms with Crippen LogP contribution in [0.3, 0.4) is 0 Å². The molecule has 2 heterocycles. The molecule has 2 amide bonds. The lowest BCUT2D eigenvalue weighted by Crippen LogP contribution is -2.50. The SMILES string of the molecule is COc1cc(Cl)c(C)cc1NC(=O)CN1CCN(C(=O)c2ccc(C)s2)CC1. The summed E-state index contributed by atoms with van der Waals surface area (Å²) < 4.78 is 5.30. The van der Waals surface area contributed by atoms with Gasteiger partial charge in [0.25, 0.3) is 5.91 Å². The molecular weight excluding hydrogens is 398 g/mol. The zero-order valence-electron chi connectivity index (χ0n) is 16.3. The van der Waals surface area contributed by atoms with Crippen molar-refractivity contribution >= 4 is 40.4 Å². The third-order valence-electron chi connectivity index (χ3n) is 4.73. The van der Waals surface area contributed by atoms with E-state index in [-0.39, 0.29) is 18.4 Å². The van der Waals surface area contributed by atoms with Crippen molar-refractivity contribution in [2.75, 3.05) is 45.2 Å². The Morgan fingerprint density at radius 1 is 1.18 bits per heavy atom. The van der Waals surface area contributed by atoms with Gasteiger partial charge in [0, 0.05) is 42.1 Å². The van der Waals surface area contributed by atoms with Crippen molar-refractivity contribution in [3.05, 3.63) is 44.6 Å². The second-order valence-electron chi connectivity index (χ2n) is 6.83. The van der Waals surface area contributed by atoms with E-state index in [2.05, 4.69) is 5.32 Å². The van der Waals surface area contributed by atoms with Crippen LogP contribution in [0.5, 0.6) is 5.75 Å². The molecule has 1 N–H and O–H groups in total. The highest BCUT2D eigenvalue weighted by Crippen LogP contribution is 2.30. The number of ether oxygens (including phenoxy) is 1. The first-order valence-corrected chi connectivity index (χ1v) is 10.3.